The molecule has 2 rings (SSSR count). The summed E-state index contributed by atoms with van der Waals surface area (Å²) in [6, 6.07) is 1.31. The number of amides is 1. The third-order valence-electron chi connectivity index (χ3n) is 3.71. The van der Waals surface area contributed by atoms with Gasteiger partial charge in [0.1, 0.15) is 11.3 Å². The van der Waals surface area contributed by atoms with Crippen molar-refractivity contribution >= 4 is 11.9 Å². The molecule has 0 atom stereocenters. The molecule has 1 heterocycles. The Morgan fingerprint density at radius 1 is 1.42 bits per heavy atom. The van der Waals surface area contributed by atoms with Crippen molar-refractivity contribution in [2.45, 2.75) is 51.5 Å². The number of rotatable bonds is 4. The van der Waals surface area contributed by atoms with Crippen LogP contribution in [-0.2, 0) is 6.42 Å². The highest BCUT2D eigenvalue weighted by atomic mass is 16.4. The molecule has 1 aliphatic rings. The van der Waals surface area contributed by atoms with E-state index in [-0.39, 0.29) is 22.8 Å². The first-order valence-corrected chi connectivity index (χ1v) is 6.64. The molecule has 0 bridgehead atoms. The maximum Gasteiger partial charge on any atom is 0.339 e. The van der Waals surface area contributed by atoms with Gasteiger partial charge < -0.3 is 14.8 Å². The first kappa shape index (κ1) is 13.6. The van der Waals surface area contributed by atoms with E-state index in [0.717, 1.165) is 25.7 Å². The molecule has 0 aromatic carbocycles. The van der Waals surface area contributed by atoms with Gasteiger partial charge in [-0.05, 0) is 19.8 Å². The fraction of sp³-hybridized carbons (Fsp3) is 0.571. The van der Waals surface area contributed by atoms with Crippen molar-refractivity contribution in [1.82, 2.24) is 5.32 Å². The van der Waals surface area contributed by atoms with E-state index in [9.17, 15) is 9.59 Å². The van der Waals surface area contributed by atoms with Crippen molar-refractivity contribution in [3.63, 3.8) is 0 Å². The van der Waals surface area contributed by atoms with Crippen LogP contribution in [0.5, 0.6) is 0 Å². The zero-order valence-corrected chi connectivity index (χ0v) is 11.3. The van der Waals surface area contributed by atoms with E-state index in [1.807, 2.05) is 6.92 Å². The molecule has 1 amide bonds. The molecular weight excluding hydrogens is 246 g/mol. The third-order valence-corrected chi connectivity index (χ3v) is 3.71. The van der Waals surface area contributed by atoms with Crippen molar-refractivity contribution in [3.05, 3.63) is 23.2 Å². The zero-order chi connectivity index (χ0) is 14.0. The van der Waals surface area contributed by atoms with Crippen molar-refractivity contribution in [2.75, 3.05) is 0 Å². The number of carbonyl (C=O) groups is 2. The van der Waals surface area contributed by atoms with Gasteiger partial charge in [-0.3, -0.25) is 4.79 Å². The Kier molecular flexibility index (Phi) is 3.64. The van der Waals surface area contributed by atoms with E-state index in [0.29, 0.717) is 12.2 Å². The molecule has 1 aromatic heterocycles. The topological polar surface area (TPSA) is 79.5 Å². The molecule has 0 unspecified atom stereocenters. The van der Waals surface area contributed by atoms with Crippen molar-refractivity contribution in [1.29, 1.82) is 0 Å². The number of aromatic carboxylic acids is 1. The average Bonchev–Trinajstić information content (AvgIpc) is 2.95. The summed E-state index contributed by atoms with van der Waals surface area (Å²) in [5, 5.41) is 12.0. The third kappa shape index (κ3) is 2.80. The van der Waals surface area contributed by atoms with Crippen LogP contribution in [0.1, 0.15) is 66.2 Å². The molecule has 1 fully saturated rings. The lowest BCUT2D eigenvalue weighted by Gasteiger charge is -2.24. The normalized spacial score (nSPS) is 17.4. The summed E-state index contributed by atoms with van der Waals surface area (Å²) in [5.74, 6) is -0.963. The monoisotopic (exact) mass is 265 g/mol. The van der Waals surface area contributed by atoms with Crippen LogP contribution in [0.15, 0.2) is 10.5 Å². The van der Waals surface area contributed by atoms with Crippen LogP contribution in [0.2, 0.25) is 0 Å². The molecule has 5 nitrogen and oxygen atoms in total. The van der Waals surface area contributed by atoms with E-state index in [4.69, 9.17) is 9.52 Å². The molecule has 0 spiro atoms. The van der Waals surface area contributed by atoms with Crippen LogP contribution in [0.3, 0.4) is 0 Å². The Morgan fingerprint density at radius 2 is 2.05 bits per heavy atom. The molecule has 1 saturated carbocycles. The summed E-state index contributed by atoms with van der Waals surface area (Å²) in [7, 11) is 0. The number of aryl methyl sites for hydroxylation is 1. The molecule has 0 saturated heterocycles. The summed E-state index contributed by atoms with van der Waals surface area (Å²) >= 11 is 0. The molecule has 0 aliphatic heterocycles. The lowest BCUT2D eigenvalue weighted by Crippen LogP contribution is -2.43. The lowest BCUT2D eigenvalue weighted by molar-refractivity contribution is 0.0694. The standard InChI is InChI=1S/C14H19NO4/c1-3-10-9(13(17)18)8-11(19-10)12(16)15-14(2)6-4-5-7-14/h8H,3-7H2,1-2H3,(H,15,16)(H,17,18). The quantitative estimate of drug-likeness (QED) is 0.877. The van der Waals surface area contributed by atoms with E-state index in [1.165, 1.54) is 6.07 Å². The second kappa shape index (κ2) is 5.07. The van der Waals surface area contributed by atoms with Crippen LogP contribution in [0.4, 0.5) is 0 Å². The fourth-order valence-corrected chi connectivity index (χ4v) is 2.60. The van der Waals surface area contributed by atoms with Crippen molar-refractivity contribution < 1.29 is 19.1 Å². The number of carboxylic acid groups (broad SMARTS) is 1. The SMILES string of the molecule is CCc1oc(C(=O)NC2(C)CCCC2)cc1C(=O)O. The molecule has 2 N–H and O–H groups in total. The van der Waals surface area contributed by atoms with Crippen LogP contribution in [0.25, 0.3) is 0 Å². The van der Waals surface area contributed by atoms with Gasteiger partial charge in [0.15, 0.2) is 5.76 Å². The highest BCUT2D eigenvalue weighted by Gasteiger charge is 2.31. The van der Waals surface area contributed by atoms with Gasteiger partial charge in [-0.2, -0.15) is 0 Å². The first-order valence-electron chi connectivity index (χ1n) is 6.64. The predicted octanol–water partition coefficient (Wildman–Crippen LogP) is 2.60. The van der Waals surface area contributed by atoms with Gasteiger partial charge in [0, 0.05) is 18.0 Å². The molecule has 1 aromatic rings. The molecule has 19 heavy (non-hydrogen) atoms. The fourth-order valence-electron chi connectivity index (χ4n) is 2.60. The van der Waals surface area contributed by atoms with Crippen LogP contribution in [-0.4, -0.2) is 22.5 Å². The summed E-state index contributed by atoms with van der Waals surface area (Å²) in [6.45, 7) is 3.81. The average molecular weight is 265 g/mol. The minimum atomic E-state index is -1.06. The van der Waals surface area contributed by atoms with Gasteiger partial charge >= 0.3 is 5.97 Å². The maximum atomic E-state index is 12.1. The Bertz CT molecular complexity index is 498. The van der Waals surface area contributed by atoms with E-state index >= 15 is 0 Å². The Morgan fingerprint density at radius 3 is 2.53 bits per heavy atom. The Hall–Kier alpha value is -1.78. The number of furan rings is 1. The van der Waals surface area contributed by atoms with E-state index < -0.39 is 5.97 Å². The van der Waals surface area contributed by atoms with Gasteiger partial charge in [-0.1, -0.05) is 19.8 Å². The van der Waals surface area contributed by atoms with Gasteiger partial charge in [0.05, 0.1) is 0 Å². The largest absolute Gasteiger partial charge is 0.478 e. The predicted molar refractivity (Wildman–Crippen MR) is 69.4 cm³/mol. The summed E-state index contributed by atoms with van der Waals surface area (Å²) in [5.41, 5.74) is -0.121. The number of hydrogen-bond donors (Lipinski definition) is 2. The molecular formula is C14H19NO4. The Balaban J connectivity index is 2.17. The first-order chi connectivity index (χ1) is 8.95. The number of carboxylic acids is 1. The van der Waals surface area contributed by atoms with Gasteiger partial charge in [0.25, 0.3) is 5.91 Å². The lowest BCUT2D eigenvalue weighted by atomic mass is 10.0. The molecule has 5 heteroatoms. The van der Waals surface area contributed by atoms with Crippen molar-refractivity contribution in [3.8, 4) is 0 Å². The minimum Gasteiger partial charge on any atom is -0.478 e. The molecule has 1 aliphatic carbocycles. The van der Waals surface area contributed by atoms with Gasteiger partial charge in [0.2, 0.25) is 0 Å². The van der Waals surface area contributed by atoms with E-state index in [1.54, 1.807) is 6.92 Å². The number of hydrogen-bond acceptors (Lipinski definition) is 3. The minimum absolute atomic E-state index is 0.0734. The number of carbonyl (C=O) groups excluding carboxylic acids is 1. The molecule has 104 valence electrons. The second-order valence-corrected chi connectivity index (χ2v) is 5.33. The van der Waals surface area contributed by atoms with Crippen LogP contribution >= 0.6 is 0 Å². The summed E-state index contributed by atoms with van der Waals surface area (Å²) < 4.78 is 5.35. The Labute approximate surface area is 112 Å². The highest BCUT2D eigenvalue weighted by molar-refractivity contribution is 5.96. The summed E-state index contributed by atoms with van der Waals surface area (Å²) in [4.78, 5) is 23.1. The highest BCUT2D eigenvalue weighted by Crippen LogP contribution is 2.29. The van der Waals surface area contributed by atoms with Crippen molar-refractivity contribution in [2.24, 2.45) is 0 Å². The van der Waals surface area contributed by atoms with Gasteiger partial charge in [-0.25, -0.2) is 4.79 Å². The van der Waals surface area contributed by atoms with Crippen LogP contribution < -0.4 is 5.32 Å². The van der Waals surface area contributed by atoms with Gasteiger partial charge in [-0.15, -0.1) is 0 Å². The summed E-state index contributed by atoms with van der Waals surface area (Å²) in [6.07, 6.45) is 4.56. The molecule has 0 radical (unpaired) electrons. The number of nitrogens with one attached hydrogen (secondary N) is 1. The van der Waals surface area contributed by atoms with Crippen LogP contribution in [0, 0.1) is 0 Å². The zero-order valence-electron chi connectivity index (χ0n) is 11.3. The maximum absolute atomic E-state index is 12.1. The smallest absolute Gasteiger partial charge is 0.339 e. The second-order valence-electron chi connectivity index (χ2n) is 5.33. The van der Waals surface area contributed by atoms with E-state index in [2.05, 4.69) is 5.32 Å².